The van der Waals surface area contributed by atoms with Gasteiger partial charge >= 0.3 is 0 Å². The van der Waals surface area contributed by atoms with Crippen molar-refractivity contribution in [3.05, 3.63) is 22.3 Å². The number of aryl methyl sites for hydroxylation is 1. The highest BCUT2D eigenvalue weighted by atomic mass is 79.9. The molecule has 0 aliphatic rings. The smallest absolute Gasteiger partial charge is 0.242 e. The molecule has 1 aromatic heterocycles. The van der Waals surface area contributed by atoms with Gasteiger partial charge in [-0.05, 0) is 41.4 Å². The second-order valence-electron chi connectivity index (χ2n) is 3.65. The van der Waals surface area contributed by atoms with Crippen molar-refractivity contribution in [2.45, 2.75) is 32.7 Å². The largest absolute Gasteiger partial charge is 0.320 e. The fraction of sp³-hybridized carbons (Fsp3) is 0.455. The Morgan fingerprint density at radius 1 is 1.62 bits per heavy atom. The van der Waals surface area contributed by atoms with Crippen molar-refractivity contribution in [2.24, 2.45) is 5.73 Å². The lowest BCUT2D eigenvalue weighted by Gasteiger charge is -2.11. The Morgan fingerprint density at radius 2 is 2.31 bits per heavy atom. The molecule has 0 saturated heterocycles. The molecule has 0 aromatic carbocycles. The number of rotatable bonds is 4. The summed E-state index contributed by atoms with van der Waals surface area (Å²) in [5, 5.41) is 2.70. The maximum absolute atomic E-state index is 11.6. The molecule has 1 amide bonds. The third-order valence-corrected chi connectivity index (χ3v) is 3.05. The first kappa shape index (κ1) is 13.1. The van der Waals surface area contributed by atoms with Gasteiger partial charge in [0.15, 0.2) is 0 Å². The van der Waals surface area contributed by atoms with Crippen LogP contribution in [-0.4, -0.2) is 16.9 Å². The molecule has 1 rings (SSSR count). The molecule has 0 spiro atoms. The SMILES string of the molecule is CCCC(N)C(=O)Nc1ccc(Br)c(C)n1. The summed E-state index contributed by atoms with van der Waals surface area (Å²) in [6.07, 6.45) is 1.57. The molecule has 0 saturated carbocycles. The van der Waals surface area contributed by atoms with E-state index in [9.17, 15) is 4.79 Å². The highest BCUT2D eigenvalue weighted by Crippen LogP contribution is 2.16. The fourth-order valence-electron chi connectivity index (χ4n) is 1.27. The summed E-state index contributed by atoms with van der Waals surface area (Å²) in [7, 11) is 0. The van der Waals surface area contributed by atoms with Crippen LogP contribution in [0.2, 0.25) is 0 Å². The van der Waals surface area contributed by atoms with E-state index >= 15 is 0 Å². The molecule has 0 radical (unpaired) electrons. The van der Waals surface area contributed by atoms with Gasteiger partial charge in [0.2, 0.25) is 5.91 Å². The van der Waals surface area contributed by atoms with Crippen molar-refractivity contribution >= 4 is 27.7 Å². The lowest BCUT2D eigenvalue weighted by Crippen LogP contribution is -2.35. The number of halogens is 1. The minimum absolute atomic E-state index is 0.184. The molecule has 0 aliphatic heterocycles. The van der Waals surface area contributed by atoms with E-state index < -0.39 is 6.04 Å². The maximum Gasteiger partial charge on any atom is 0.242 e. The predicted molar refractivity (Wildman–Crippen MR) is 68.2 cm³/mol. The van der Waals surface area contributed by atoms with Crippen LogP contribution in [0.5, 0.6) is 0 Å². The molecule has 1 heterocycles. The molecule has 3 N–H and O–H groups in total. The molecule has 0 fully saturated rings. The summed E-state index contributed by atoms with van der Waals surface area (Å²) in [5.74, 6) is 0.355. The maximum atomic E-state index is 11.6. The number of hydrogen-bond donors (Lipinski definition) is 2. The van der Waals surface area contributed by atoms with Gasteiger partial charge < -0.3 is 11.1 Å². The van der Waals surface area contributed by atoms with Gasteiger partial charge in [-0.25, -0.2) is 4.98 Å². The Labute approximate surface area is 104 Å². The Kier molecular flexibility index (Phi) is 4.89. The number of carbonyl (C=O) groups excluding carboxylic acids is 1. The van der Waals surface area contributed by atoms with Crippen molar-refractivity contribution in [1.82, 2.24) is 4.98 Å². The van der Waals surface area contributed by atoms with E-state index in [1.807, 2.05) is 19.9 Å². The summed E-state index contributed by atoms with van der Waals surface area (Å²) in [6.45, 7) is 3.86. The van der Waals surface area contributed by atoms with Crippen LogP contribution >= 0.6 is 15.9 Å². The van der Waals surface area contributed by atoms with Crippen LogP contribution in [0.15, 0.2) is 16.6 Å². The number of nitrogens with zero attached hydrogens (tertiary/aromatic N) is 1. The van der Waals surface area contributed by atoms with Crippen molar-refractivity contribution in [1.29, 1.82) is 0 Å². The number of aromatic nitrogens is 1. The van der Waals surface area contributed by atoms with Crippen LogP contribution in [0.3, 0.4) is 0 Å². The van der Waals surface area contributed by atoms with Gasteiger partial charge in [0, 0.05) is 4.47 Å². The summed E-state index contributed by atoms with van der Waals surface area (Å²) in [6, 6.07) is 3.13. The van der Waals surface area contributed by atoms with Crippen LogP contribution in [0, 0.1) is 6.92 Å². The number of hydrogen-bond acceptors (Lipinski definition) is 3. The molecular weight excluding hydrogens is 270 g/mol. The fourth-order valence-corrected chi connectivity index (χ4v) is 1.50. The lowest BCUT2D eigenvalue weighted by atomic mass is 10.2. The zero-order valence-corrected chi connectivity index (χ0v) is 11.0. The zero-order valence-electron chi connectivity index (χ0n) is 9.46. The minimum Gasteiger partial charge on any atom is -0.320 e. The van der Waals surface area contributed by atoms with Gasteiger partial charge in [-0.1, -0.05) is 13.3 Å². The molecule has 0 bridgehead atoms. The monoisotopic (exact) mass is 285 g/mol. The van der Waals surface area contributed by atoms with Crippen LogP contribution in [0.1, 0.15) is 25.5 Å². The molecule has 1 unspecified atom stereocenters. The quantitative estimate of drug-likeness (QED) is 0.891. The highest BCUT2D eigenvalue weighted by molar-refractivity contribution is 9.10. The topological polar surface area (TPSA) is 68.0 Å². The Morgan fingerprint density at radius 3 is 2.88 bits per heavy atom. The lowest BCUT2D eigenvalue weighted by molar-refractivity contribution is -0.117. The highest BCUT2D eigenvalue weighted by Gasteiger charge is 2.12. The van der Waals surface area contributed by atoms with Gasteiger partial charge in [-0.15, -0.1) is 0 Å². The summed E-state index contributed by atoms with van der Waals surface area (Å²) >= 11 is 3.35. The van der Waals surface area contributed by atoms with Crippen LogP contribution in [-0.2, 0) is 4.79 Å². The van der Waals surface area contributed by atoms with Crippen LogP contribution in [0.25, 0.3) is 0 Å². The normalized spacial score (nSPS) is 12.2. The molecule has 1 aromatic rings. The first-order chi connectivity index (χ1) is 7.54. The zero-order chi connectivity index (χ0) is 12.1. The second kappa shape index (κ2) is 5.96. The van der Waals surface area contributed by atoms with Gasteiger partial charge in [0.05, 0.1) is 11.7 Å². The number of anilines is 1. The van der Waals surface area contributed by atoms with Crippen molar-refractivity contribution in [3.63, 3.8) is 0 Å². The van der Waals surface area contributed by atoms with E-state index in [2.05, 4.69) is 26.2 Å². The average molecular weight is 286 g/mol. The van der Waals surface area contributed by atoms with E-state index in [0.29, 0.717) is 12.2 Å². The molecule has 88 valence electrons. The number of pyridine rings is 1. The molecule has 0 aliphatic carbocycles. The standard InChI is InChI=1S/C11H16BrN3O/c1-3-4-9(13)11(16)15-10-6-5-8(12)7(2)14-10/h5-6,9H,3-4,13H2,1-2H3,(H,14,15,16). The number of nitrogens with two attached hydrogens (primary N) is 1. The van der Waals surface area contributed by atoms with Gasteiger partial charge in [0.1, 0.15) is 5.82 Å². The Balaban J connectivity index is 2.66. The molecule has 5 heteroatoms. The van der Waals surface area contributed by atoms with E-state index in [1.54, 1.807) is 6.07 Å². The first-order valence-corrected chi connectivity index (χ1v) is 6.03. The van der Waals surface area contributed by atoms with Crippen LogP contribution < -0.4 is 11.1 Å². The first-order valence-electron chi connectivity index (χ1n) is 5.24. The third-order valence-electron chi connectivity index (χ3n) is 2.21. The van der Waals surface area contributed by atoms with Gasteiger partial charge in [-0.2, -0.15) is 0 Å². The Bertz CT molecular complexity index is 381. The molecule has 4 nitrogen and oxygen atoms in total. The summed E-state index contributed by atoms with van der Waals surface area (Å²) in [4.78, 5) is 15.8. The van der Waals surface area contributed by atoms with Crippen molar-refractivity contribution in [2.75, 3.05) is 5.32 Å². The Hall–Kier alpha value is -0.940. The van der Waals surface area contributed by atoms with Crippen molar-refractivity contribution < 1.29 is 4.79 Å². The van der Waals surface area contributed by atoms with Gasteiger partial charge in [0.25, 0.3) is 0 Å². The van der Waals surface area contributed by atoms with E-state index in [4.69, 9.17) is 5.73 Å². The van der Waals surface area contributed by atoms with Crippen LogP contribution in [0.4, 0.5) is 5.82 Å². The second-order valence-corrected chi connectivity index (χ2v) is 4.50. The predicted octanol–water partition coefficient (Wildman–Crippen LogP) is 2.22. The number of amides is 1. The summed E-state index contributed by atoms with van der Waals surface area (Å²) < 4.78 is 0.920. The van der Waals surface area contributed by atoms with E-state index in [1.165, 1.54) is 0 Å². The molecule has 16 heavy (non-hydrogen) atoms. The summed E-state index contributed by atoms with van der Waals surface area (Å²) in [5.41, 5.74) is 6.53. The minimum atomic E-state index is -0.462. The number of carbonyl (C=O) groups is 1. The number of nitrogens with one attached hydrogen (secondary N) is 1. The third kappa shape index (κ3) is 3.57. The van der Waals surface area contributed by atoms with E-state index in [-0.39, 0.29) is 5.91 Å². The van der Waals surface area contributed by atoms with E-state index in [0.717, 1.165) is 16.6 Å². The van der Waals surface area contributed by atoms with Crippen molar-refractivity contribution in [3.8, 4) is 0 Å². The van der Waals surface area contributed by atoms with Gasteiger partial charge in [-0.3, -0.25) is 4.79 Å². The molecule has 1 atom stereocenters. The molecular formula is C11H16BrN3O. The average Bonchev–Trinajstić information content (AvgIpc) is 2.24.